The molecule has 0 radical (unpaired) electrons. The van der Waals surface area contributed by atoms with Crippen molar-refractivity contribution in [3.8, 4) is 11.8 Å². The summed E-state index contributed by atoms with van der Waals surface area (Å²) in [5, 5.41) is 8.70. The fourth-order valence-corrected chi connectivity index (χ4v) is 1.97. The third-order valence-corrected chi connectivity index (χ3v) is 3.79. The standard InChI is InChI=1S/C12H13BrN2O/c13-11-9(15)2-1-3-10(11)16-8-12(4-5-12)6-7-14/h1-3H,4-6,8,15H2. The molecule has 2 N–H and O–H groups in total. The predicted molar refractivity (Wildman–Crippen MR) is 65.9 cm³/mol. The molecule has 84 valence electrons. The lowest BCUT2D eigenvalue weighted by atomic mass is 10.1. The number of hydrogen-bond acceptors (Lipinski definition) is 3. The van der Waals surface area contributed by atoms with Crippen LogP contribution >= 0.6 is 15.9 Å². The SMILES string of the molecule is N#CCC1(COc2cccc(N)c2Br)CC1. The lowest BCUT2D eigenvalue weighted by molar-refractivity contribution is 0.235. The van der Waals surface area contributed by atoms with Crippen molar-refractivity contribution in [2.75, 3.05) is 12.3 Å². The summed E-state index contributed by atoms with van der Waals surface area (Å²) in [5.41, 5.74) is 6.52. The maximum Gasteiger partial charge on any atom is 0.135 e. The van der Waals surface area contributed by atoms with Gasteiger partial charge in [0.2, 0.25) is 0 Å². The van der Waals surface area contributed by atoms with Gasteiger partial charge in [0, 0.05) is 17.5 Å². The third-order valence-electron chi connectivity index (χ3n) is 2.94. The largest absolute Gasteiger partial charge is 0.492 e. The van der Waals surface area contributed by atoms with E-state index in [1.165, 1.54) is 0 Å². The maximum absolute atomic E-state index is 8.70. The number of hydrogen-bond donors (Lipinski definition) is 1. The molecule has 16 heavy (non-hydrogen) atoms. The summed E-state index contributed by atoms with van der Waals surface area (Å²) in [6, 6.07) is 7.77. The molecule has 0 spiro atoms. The van der Waals surface area contributed by atoms with Gasteiger partial charge in [-0.2, -0.15) is 5.26 Å². The van der Waals surface area contributed by atoms with Crippen LogP contribution in [0.2, 0.25) is 0 Å². The molecule has 0 aliphatic heterocycles. The van der Waals surface area contributed by atoms with E-state index in [2.05, 4.69) is 22.0 Å². The van der Waals surface area contributed by atoms with Crippen LogP contribution in [0.1, 0.15) is 19.3 Å². The first-order chi connectivity index (χ1) is 7.67. The van der Waals surface area contributed by atoms with Crippen LogP contribution in [0.4, 0.5) is 5.69 Å². The zero-order valence-corrected chi connectivity index (χ0v) is 10.5. The Morgan fingerprint density at radius 1 is 1.50 bits per heavy atom. The van der Waals surface area contributed by atoms with E-state index in [1.807, 2.05) is 18.2 Å². The highest BCUT2D eigenvalue weighted by Crippen LogP contribution is 2.49. The molecule has 1 aromatic carbocycles. The van der Waals surface area contributed by atoms with Crippen LogP contribution in [0.5, 0.6) is 5.75 Å². The number of rotatable bonds is 4. The highest BCUT2D eigenvalue weighted by atomic mass is 79.9. The molecular weight excluding hydrogens is 268 g/mol. The third kappa shape index (κ3) is 2.30. The van der Waals surface area contributed by atoms with Gasteiger partial charge in [-0.15, -0.1) is 0 Å². The Kier molecular flexibility index (Phi) is 3.06. The van der Waals surface area contributed by atoms with Gasteiger partial charge in [0.05, 0.1) is 17.1 Å². The summed E-state index contributed by atoms with van der Waals surface area (Å²) in [5.74, 6) is 0.754. The van der Waals surface area contributed by atoms with E-state index in [4.69, 9.17) is 15.7 Å². The zero-order valence-electron chi connectivity index (χ0n) is 8.87. The predicted octanol–water partition coefficient (Wildman–Crippen LogP) is 3.10. The highest BCUT2D eigenvalue weighted by Gasteiger charge is 2.43. The Morgan fingerprint density at radius 3 is 2.88 bits per heavy atom. The van der Waals surface area contributed by atoms with Crippen molar-refractivity contribution in [3.63, 3.8) is 0 Å². The second-order valence-electron chi connectivity index (χ2n) is 4.28. The van der Waals surface area contributed by atoms with E-state index < -0.39 is 0 Å². The Labute approximate surface area is 103 Å². The molecule has 1 fully saturated rings. The van der Waals surface area contributed by atoms with E-state index >= 15 is 0 Å². The molecule has 0 atom stereocenters. The molecule has 1 aromatic rings. The minimum atomic E-state index is 0.0960. The highest BCUT2D eigenvalue weighted by molar-refractivity contribution is 9.10. The summed E-state index contributed by atoms with van der Waals surface area (Å²) in [7, 11) is 0. The van der Waals surface area contributed by atoms with Gasteiger partial charge < -0.3 is 10.5 Å². The fourth-order valence-electron chi connectivity index (χ4n) is 1.59. The zero-order chi connectivity index (χ0) is 11.6. The molecule has 0 bridgehead atoms. The van der Waals surface area contributed by atoms with Crippen LogP contribution in [0.25, 0.3) is 0 Å². The number of anilines is 1. The van der Waals surface area contributed by atoms with E-state index in [0.717, 1.165) is 23.1 Å². The van der Waals surface area contributed by atoms with E-state index in [1.54, 1.807) is 0 Å². The summed E-state index contributed by atoms with van der Waals surface area (Å²) >= 11 is 3.39. The van der Waals surface area contributed by atoms with Gasteiger partial charge in [0.15, 0.2) is 0 Å². The molecule has 0 amide bonds. The Hall–Kier alpha value is -1.21. The van der Waals surface area contributed by atoms with Crippen LogP contribution in [-0.4, -0.2) is 6.61 Å². The average Bonchev–Trinajstić information content (AvgIpc) is 3.02. The Morgan fingerprint density at radius 2 is 2.25 bits per heavy atom. The second-order valence-corrected chi connectivity index (χ2v) is 5.08. The molecule has 1 aliphatic rings. The van der Waals surface area contributed by atoms with Crippen LogP contribution in [0, 0.1) is 16.7 Å². The Balaban J connectivity index is 2.00. The van der Waals surface area contributed by atoms with E-state index in [-0.39, 0.29) is 5.41 Å². The normalized spacial score (nSPS) is 16.5. The van der Waals surface area contributed by atoms with Crippen molar-refractivity contribution in [2.45, 2.75) is 19.3 Å². The molecule has 0 aromatic heterocycles. The van der Waals surface area contributed by atoms with Crippen molar-refractivity contribution >= 4 is 21.6 Å². The number of halogens is 1. The quantitative estimate of drug-likeness (QED) is 0.863. The number of nitrogens with zero attached hydrogens (tertiary/aromatic N) is 1. The number of benzene rings is 1. The molecule has 1 aliphatic carbocycles. The molecule has 0 saturated heterocycles. The molecule has 3 nitrogen and oxygen atoms in total. The second kappa shape index (κ2) is 4.34. The van der Waals surface area contributed by atoms with Crippen molar-refractivity contribution in [2.24, 2.45) is 5.41 Å². The van der Waals surface area contributed by atoms with Gasteiger partial charge in [0.25, 0.3) is 0 Å². The van der Waals surface area contributed by atoms with Gasteiger partial charge in [-0.1, -0.05) is 6.07 Å². The first kappa shape index (κ1) is 11.3. The van der Waals surface area contributed by atoms with Gasteiger partial charge in [-0.3, -0.25) is 0 Å². The number of nitrogens with two attached hydrogens (primary N) is 1. The fraction of sp³-hybridized carbons (Fsp3) is 0.417. The smallest absolute Gasteiger partial charge is 0.135 e. The van der Waals surface area contributed by atoms with E-state index in [9.17, 15) is 0 Å². The number of nitriles is 1. The lowest BCUT2D eigenvalue weighted by Gasteiger charge is -2.14. The average molecular weight is 281 g/mol. The summed E-state index contributed by atoms with van der Waals surface area (Å²) in [6.07, 6.45) is 2.74. The summed E-state index contributed by atoms with van der Waals surface area (Å²) in [4.78, 5) is 0. The maximum atomic E-state index is 8.70. The molecule has 4 heteroatoms. The van der Waals surface area contributed by atoms with Gasteiger partial charge in [0.1, 0.15) is 5.75 Å². The summed E-state index contributed by atoms with van der Waals surface area (Å²) in [6.45, 7) is 0.600. The monoisotopic (exact) mass is 280 g/mol. The molecular formula is C12H13BrN2O. The summed E-state index contributed by atoms with van der Waals surface area (Å²) < 4.78 is 6.51. The number of nitrogen functional groups attached to an aromatic ring is 1. The van der Waals surface area contributed by atoms with Gasteiger partial charge in [-0.05, 0) is 40.9 Å². The Bertz CT molecular complexity index is 435. The van der Waals surface area contributed by atoms with Crippen LogP contribution < -0.4 is 10.5 Å². The molecule has 1 saturated carbocycles. The number of ether oxygens (including phenoxy) is 1. The topological polar surface area (TPSA) is 59.0 Å². The first-order valence-corrected chi connectivity index (χ1v) is 6.00. The van der Waals surface area contributed by atoms with Crippen LogP contribution in [-0.2, 0) is 0 Å². The van der Waals surface area contributed by atoms with Crippen molar-refractivity contribution < 1.29 is 4.74 Å². The first-order valence-electron chi connectivity index (χ1n) is 5.21. The minimum absolute atomic E-state index is 0.0960. The van der Waals surface area contributed by atoms with Crippen molar-refractivity contribution in [1.29, 1.82) is 5.26 Å². The van der Waals surface area contributed by atoms with E-state index in [0.29, 0.717) is 18.7 Å². The van der Waals surface area contributed by atoms with Crippen molar-refractivity contribution in [3.05, 3.63) is 22.7 Å². The van der Waals surface area contributed by atoms with Gasteiger partial charge in [-0.25, -0.2) is 0 Å². The van der Waals surface area contributed by atoms with Gasteiger partial charge >= 0.3 is 0 Å². The van der Waals surface area contributed by atoms with Crippen LogP contribution in [0.3, 0.4) is 0 Å². The van der Waals surface area contributed by atoms with Crippen molar-refractivity contribution in [1.82, 2.24) is 0 Å². The minimum Gasteiger partial charge on any atom is -0.492 e. The van der Waals surface area contributed by atoms with Crippen LogP contribution in [0.15, 0.2) is 22.7 Å². The molecule has 0 unspecified atom stereocenters. The molecule has 2 rings (SSSR count). The lowest BCUT2D eigenvalue weighted by Crippen LogP contribution is -2.12. The molecule has 0 heterocycles.